The van der Waals surface area contributed by atoms with Crippen molar-refractivity contribution in [2.45, 2.75) is 0 Å². The van der Waals surface area contributed by atoms with Gasteiger partial charge >= 0.3 is 0 Å². The van der Waals surface area contributed by atoms with E-state index < -0.39 is 0 Å². The lowest BCUT2D eigenvalue weighted by Crippen LogP contribution is -1.84. The molecular weight excluding hydrogens is 360 g/mol. The standard InChI is InChI=1S/C30H18/c1-3-7-22-17-28-24(15-20(22)5-1)12-14-27-26(28)13-11-19-9-10-25-16-21-6-2-4-8-23(21)18-29(25)30(19)27/h1-18H. The predicted octanol–water partition coefficient (Wildman–Crippen LogP) is 8.61. The Morgan fingerprint density at radius 2 is 0.733 bits per heavy atom. The smallest absolute Gasteiger partial charge is 0.00264 e. The van der Waals surface area contributed by atoms with E-state index in [9.17, 15) is 0 Å². The fraction of sp³-hybridized carbons (Fsp3) is 0. The maximum Gasteiger partial charge on any atom is -0.00264 e. The average Bonchev–Trinajstić information content (AvgIpc) is 2.80. The minimum atomic E-state index is 1.29. The summed E-state index contributed by atoms with van der Waals surface area (Å²) in [5.74, 6) is 0. The molecule has 30 heavy (non-hydrogen) atoms. The zero-order chi connectivity index (χ0) is 19.7. The number of rotatable bonds is 0. The summed E-state index contributed by atoms with van der Waals surface area (Å²) in [5.41, 5.74) is 0. The van der Waals surface area contributed by atoms with Crippen molar-refractivity contribution in [3.63, 3.8) is 0 Å². The van der Waals surface area contributed by atoms with Crippen LogP contribution in [-0.2, 0) is 0 Å². The molecule has 0 radical (unpaired) electrons. The second-order valence-corrected chi connectivity index (χ2v) is 8.23. The lowest BCUT2D eigenvalue weighted by molar-refractivity contribution is 1.78. The maximum atomic E-state index is 2.36. The second kappa shape index (κ2) is 5.81. The van der Waals surface area contributed by atoms with E-state index in [1.54, 1.807) is 0 Å². The second-order valence-electron chi connectivity index (χ2n) is 8.23. The Hall–Kier alpha value is -3.90. The maximum absolute atomic E-state index is 2.36. The first-order valence-electron chi connectivity index (χ1n) is 10.4. The van der Waals surface area contributed by atoms with Gasteiger partial charge in [-0.25, -0.2) is 0 Å². The Kier molecular flexibility index (Phi) is 3.09. The number of benzene rings is 7. The van der Waals surface area contributed by atoms with Gasteiger partial charge in [-0.3, -0.25) is 0 Å². The molecule has 0 unspecified atom stereocenters. The van der Waals surface area contributed by atoms with E-state index in [1.165, 1.54) is 64.6 Å². The van der Waals surface area contributed by atoms with Crippen LogP contribution in [-0.4, -0.2) is 0 Å². The predicted molar refractivity (Wildman–Crippen MR) is 131 cm³/mol. The van der Waals surface area contributed by atoms with Crippen molar-refractivity contribution < 1.29 is 0 Å². The fourth-order valence-corrected chi connectivity index (χ4v) is 5.08. The molecule has 0 heteroatoms. The fourth-order valence-electron chi connectivity index (χ4n) is 5.08. The van der Waals surface area contributed by atoms with Crippen molar-refractivity contribution in [1.82, 2.24) is 0 Å². The van der Waals surface area contributed by atoms with Crippen LogP contribution in [0.2, 0.25) is 0 Å². The highest BCUT2D eigenvalue weighted by Crippen LogP contribution is 2.37. The van der Waals surface area contributed by atoms with Gasteiger partial charge in [0.05, 0.1) is 0 Å². The van der Waals surface area contributed by atoms with E-state index in [0.717, 1.165) is 0 Å². The first-order valence-corrected chi connectivity index (χ1v) is 10.4. The van der Waals surface area contributed by atoms with Crippen molar-refractivity contribution >= 4 is 64.6 Å². The van der Waals surface area contributed by atoms with Crippen LogP contribution in [0.5, 0.6) is 0 Å². The molecule has 0 aliphatic heterocycles. The van der Waals surface area contributed by atoms with Gasteiger partial charge in [-0.1, -0.05) is 84.9 Å². The quantitative estimate of drug-likeness (QED) is 0.183. The zero-order valence-corrected chi connectivity index (χ0v) is 16.4. The van der Waals surface area contributed by atoms with Crippen LogP contribution < -0.4 is 0 Å². The van der Waals surface area contributed by atoms with E-state index in [4.69, 9.17) is 0 Å². The van der Waals surface area contributed by atoms with Crippen LogP contribution in [0.25, 0.3) is 64.6 Å². The molecule has 0 aliphatic rings. The molecule has 0 nitrogen and oxygen atoms in total. The molecule has 0 atom stereocenters. The Balaban J connectivity index is 1.69. The summed E-state index contributed by atoms with van der Waals surface area (Å²) in [5, 5.41) is 15.7. The van der Waals surface area contributed by atoms with Gasteiger partial charge in [0, 0.05) is 0 Å². The number of hydrogen-bond donors (Lipinski definition) is 0. The Labute approximate surface area is 174 Å². The molecule has 7 rings (SSSR count). The highest BCUT2D eigenvalue weighted by molar-refractivity contribution is 6.26. The SMILES string of the molecule is c1ccc2cc3c(ccc4c3ccc3ccc5cc6ccccc6cc5c34)cc2c1. The van der Waals surface area contributed by atoms with Crippen LogP contribution in [0.1, 0.15) is 0 Å². The van der Waals surface area contributed by atoms with Gasteiger partial charge in [0.25, 0.3) is 0 Å². The minimum Gasteiger partial charge on any atom is -0.0616 e. The molecule has 7 aromatic carbocycles. The van der Waals surface area contributed by atoms with E-state index >= 15 is 0 Å². The van der Waals surface area contributed by atoms with Gasteiger partial charge in [-0.05, 0) is 88.9 Å². The molecule has 0 fully saturated rings. The molecule has 0 heterocycles. The molecular formula is C30H18. The average molecular weight is 378 g/mol. The van der Waals surface area contributed by atoms with Gasteiger partial charge in [-0.15, -0.1) is 0 Å². The number of hydrogen-bond acceptors (Lipinski definition) is 0. The Morgan fingerprint density at radius 3 is 1.43 bits per heavy atom. The summed E-state index contributed by atoms with van der Waals surface area (Å²) < 4.78 is 0. The first-order chi connectivity index (χ1) is 14.8. The van der Waals surface area contributed by atoms with Gasteiger partial charge in [-0.2, -0.15) is 0 Å². The summed E-state index contributed by atoms with van der Waals surface area (Å²) in [7, 11) is 0. The molecule has 0 aromatic heterocycles. The van der Waals surface area contributed by atoms with Crippen LogP contribution in [0.15, 0.2) is 109 Å². The molecule has 0 N–H and O–H groups in total. The largest absolute Gasteiger partial charge is 0.0616 e. The van der Waals surface area contributed by atoms with Crippen LogP contribution in [0, 0.1) is 0 Å². The minimum absolute atomic E-state index is 1.29. The van der Waals surface area contributed by atoms with Crippen molar-refractivity contribution in [2.75, 3.05) is 0 Å². The van der Waals surface area contributed by atoms with Crippen LogP contribution >= 0.6 is 0 Å². The van der Waals surface area contributed by atoms with E-state index in [-0.39, 0.29) is 0 Å². The highest BCUT2D eigenvalue weighted by atomic mass is 14.1. The van der Waals surface area contributed by atoms with Crippen molar-refractivity contribution in [3.05, 3.63) is 109 Å². The lowest BCUT2D eigenvalue weighted by atomic mass is 9.92. The Bertz CT molecular complexity index is 1790. The molecule has 138 valence electrons. The normalized spacial score (nSPS) is 12.0. The van der Waals surface area contributed by atoms with Crippen molar-refractivity contribution in [1.29, 1.82) is 0 Å². The van der Waals surface area contributed by atoms with Crippen molar-refractivity contribution in [3.8, 4) is 0 Å². The lowest BCUT2D eigenvalue weighted by Gasteiger charge is -2.12. The van der Waals surface area contributed by atoms with Gasteiger partial charge in [0.1, 0.15) is 0 Å². The third-order valence-electron chi connectivity index (χ3n) is 6.54. The van der Waals surface area contributed by atoms with Crippen molar-refractivity contribution in [2.24, 2.45) is 0 Å². The Morgan fingerprint density at radius 1 is 0.267 bits per heavy atom. The van der Waals surface area contributed by atoms with Crippen LogP contribution in [0.3, 0.4) is 0 Å². The monoisotopic (exact) mass is 378 g/mol. The first kappa shape index (κ1) is 16.0. The summed E-state index contributed by atoms with van der Waals surface area (Å²) in [4.78, 5) is 0. The zero-order valence-electron chi connectivity index (χ0n) is 16.4. The van der Waals surface area contributed by atoms with Gasteiger partial charge < -0.3 is 0 Å². The van der Waals surface area contributed by atoms with Gasteiger partial charge in [0.15, 0.2) is 0 Å². The number of fused-ring (bicyclic) bond motifs is 9. The van der Waals surface area contributed by atoms with E-state index in [2.05, 4.69) is 109 Å². The van der Waals surface area contributed by atoms with Gasteiger partial charge in [0.2, 0.25) is 0 Å². The highest BCUT2D eigenvalue weighted by Gasteiger charge is 2.09. The molecule has 0 saturated heterocycles. The summed E-state index contributed by atoms with van der Waals surface area (Å²) in [6, 6.07) is 40.3. The van der Waals surface area contributed by atoms with E-state index in [1.807, 2.05) is 0 Å². The van der Waals surface area contributed by atoms with Crippen LogP contribution in [0.4, 0.5) is 0 Å². The van der Waals surface area contributed by atoms with E-state index in [0.29, 0.717) is 0 Å². The molecule has 7 aromatic rings. The topological polar surface area (TPSA) is 0 Å². The molecule has 0 bridgehead atoms. The third kappa shape index (κ3) is 2.16. The molecule has 0 aliphatic carbocycles. The summed E-state index contributed by atoms with van der Waals surface area (Å²) in [6.45, 7) is 0. The molecule has 0 spiro atoms. The summed E-state index contributed by atoms with van der Waals surface area (Å²) in [6.07, 6.45) is 0. The molecule has 0 amide bonds. The summed E-state index contributed by atoms with van der Waals surface area (Å²) >= 11 is 0. The third-order valence-corrected chi connectivity index (χ3v) is 6.54. The molecule has 0 saturated carbocycles.